The monoisotopic (exact) mass is 572 g/mol. The third-order valence-corrected chi connectivity index (χ3v) is 8.20. The van der Waals surface area contributed by atoms with Crippen LogP contribution >= 0.6 is 0 Å². The molecule has 6 aromatic rings. The lowest BCUT2D eigenvalue weighted by molar-refractivity contribution is 0.707. The van der Waals surface area contributed by atoms with Gasteiger partial charge in [-0.25, -0.2) is 0 Å². The highest BCUT2D eigenvalue weighted by molar-refractivity contribution is 5.73. The van der Waals surface area contributed by atoms with Crippen LogP contribution in [0.5, 0.6) is 0 Å². The van der Waals surface area contributed by atoms with Gasteiger partial charge < -0.3 is 9.80 Å². The molecule has 0 bridgehead atoms. The molecule has 0 saturated carbocycles. The molecule has 0 aromatic heterocycles. The molecular formula is C42H40N2. The maximum Gasteiger partial charge on any atom is 0.0419 e. The number of nitrogens with zero attached hydrogens (tertiary/aromatic N) is 2. The molecule has 0 heterocycles. The van der Waals surface area contributed by atoms with Crippen molar-refractivity contribution in [2.45, 2.75) is 39.3 Å². The van der Waals surface area contributed by atoms with Crippen molar-refractivity contribution in [3.8, 4) is 22.3 Å². The van der Waals surface area contributed by atoms with Gasteiger partial charge in [0, 0.05) is 34.8 Å². The first-order chi connectivity index (χ1) is 21.6. The molecule has 0 radical (unpaired) electrons. The van der Waals surface area contributed by atoms with Crippen LogP contribution in [0.1, 0.15) is 26.3 Å². The summed E-state index contributed by atoms with van der Waals surface area (Å²) in [5.41, 5.74) is 11.1. The smallest absolute Gasteiger partial charge is 0.0419 e. The minimum Gasteiger partial charge on any atom is -0.339 e. The van der Waals surface area contributed by atoms with E-state index in [4.69, 9.17) is 0 Å². The van der Waals surface area contributed by atoms with Crippen LogP contribution in [0.4, 0.5) is 22.7 Å². The number of para-hydroxylation sites is 1. The SMILES string of the molecule is CC(C)N(c1cccc(CC(C)N(c2ccccc2)c2ccc(-c3ccccc3)cc2)c1)c1cccc(-c2ccccc2)c1. The van der Waals surface area contributed by atoms with Gasteiger partial charge in [-0.05, 0) is 104 Å². The van der Waals surface area contributed by atoms with Gasteiger partial charge in [-0.3, -0.25) is 0 Å². The summed E-state index contributed by atoms with van der Waals surface area (Å²) in [5.74, 6) is 0. The summed E-state index contributed by atoms with van der Waals surface area (Å²) < 4.78 is 0. The molecule has 6 aromatic carbocycles. The van der Waals surface area contributed by atoms with E-state index in [2.05, 4.69) is 194 Å². The fourth-order valence-electron chi connectivity index (χ4n) is 6.17. The Labute approximate surface area is 262 Å². The van der Waals surface area contributed by atoms with Gasteiger partial charge in [-0.2, -0.15) is 0 Å². The Balaban J connectivity index is 1.28. The lowest BCUT2D eigenvalue weighted by Gasteiger charge is -2.33. The predicted octanol–water partition coefficient (Wildman–Crippen LogP) is 11.3. The molecule has 0 aliphatic carbocycles. The Morgan fingerprint density at radius 3 is 1.45 bits per heavy atom. The number of benzene rings is 6. The van der Waals surface area contributed by atoms with Crippen LogP contribution in [0.25, 0.3) is 22.3 Å². The van der Waals surface area contributed by atoms with Crippen molar-refractivity contribution >= 4 is 22.7 Å². The topological polar surface area (TPSA) is 6.48 Å². The number of hydrogen-bond donors (Lipinski definition) is 0. The van der Waals surface area contributed by atoms with E-state index >= 15 is 0 Å². The summed E-state index contributed by atoms with van der Waals surface area (Å²) in [4.78, 5) is 4.91. The minimum absolute atomic E-state index is 0.240. The second-order valence-electron chi connectivity index (χ2n) is 11.7. The van der Waals surface area contributed by atoms with Gasteiger partial charge in [-0.15, -0.1) is 0 Å². The molecule has 0 aliphatic rings. The van der Waals surface area contributed by atoms with Crippen molar-refractivity contribution in [1.82, 2.24) is 0 Å². The summed E-state index contributed by atoms with van der Waals surface area (Å²) in [6.07, 6.45) is 0.916. The summed E-state index contributed by atoms with van der Waals surface area (Å²) in [5, 5.41) is 0. The normalized spacial score (nSPS) is 11.7. The second-order valence-corrected chi connectivity index (χ2v) is 11.7. The average molecular weight is 573 g/mol. The number of anilines is 4. The summed E-state index contributed by atoms with van der Waals surface area (Å²) >= 11 is 0. The molecule has 2 heteroatoms. The standard InChI is InChI=1S/C42H40N2/c1-32(2)43(42-24-14-20-38(31-42)36-18-9-5-10-19-36)41-23-13-15-34(30-41)29-33(3)44(39-21-11-6-12-22-39)40-27-25-37(26-28-40)35-16-7-4-8-17-35/h4-28,30-33H,29H2,1-3H3. The van der Waals surface area contributed by atoms with Crippen molar-refractivity contribution in [3.63, 3.8) is 0 Å². The Morgan fingerprint density at radius 1 is 0.386 bits per heavy atom. The zero-order chi connectivity index (χ0) is 30.3. The van der Waals surface area contributed by atoms with E-state index in [-0.39, 0.29) is 6.04 Å². The van der Waals surface area contributed by atoms with E-state index in [1.54, 1.807) is 0 Å². The molecule has 0 N–H and O–H groups in total. The van der Waals surface area contributed by atoms with Crippen molar-refractivity contribution < 1.29 is 0 Å². The highest BCUT2D eigenvalue weighted by Gasteiger charge is 2.19. The van der Waals surface area contributed by atoms with Gasteiger partial charge in [0.1, 0.15) is 0 Å². The van der Waals surface area contributed by atoms with Crippen molar-refractivity contribution in [2.75, 3.05) is 9.80 Å². The van der Waals surface area contributed by atoms with Crippen molar-refractivity contribution in [1.29, 1.82) is 0 Å². The van der Waals surface area contributed by atoms with Gasteiger partial charge >= 0.3 is 0 Å². The Morgan fingerprint density at radius 2 is 0.841 bits per heavy atom. The zero-order valence-corrected chi connectivity index (χ0v) is 25.8. The third kappa shape index (κ3) is 6.61. The van der Waals surface area contributed by atoms with E-state index in [0.29, 0.717) is 6.04 Å². The molecule has 0 amide bonds. The first kappa shape index (κ1) is 29.0. The summed E-state index contributed by atoms with van der Waals surface area (Å²) in [6.45, 7) is 6.86. The maximum absolute atomic E-state index is 2.46. The van der Waals surface area contributed by atoms with E-state index in [0.717, 1.165) is 6.42 Å². The van der Waals surface area contributed by atoms with Gasteiger partial charge in [0.05, 0.1) is 0 Å². The molecule has 0 saturated heterocycles. The second kappa shape index (κ2) is 13.5. The van der Waals surface area contributed by atoms with E-state index < -0.39 is 0 Å². The van der Waals surface area contributed by atoms with Gasteiger partial charge in [0.15, 0.2) is 0 Å². The minimum atomic E-state index is 0.240. The first-order valence-corrected chi connectivity index (χ1v) is 15.6. The van der Waals surface area contributed by atoms with Crippen LogP contribution in [0.2, 0.25) is 0 Å². The van der Waals surface area contributed by atoms with Gasteiger partial charge in [-0.1, -0.05) is 115 Å². The fourth-order valence-corrected chi connectivity index (χ4v) is 6.17. The Kier molecular flexibility index (Phi) is 8.89. The molecule has 0 fully saturated rings. The highest BCUT2D eigenvalue weighted by atomic mass is 15.2. The van der Waals surface area contributed by atoms with Crippen molar-refractivity contribution in [2.24, 2.45) is 0 Å². The largest absolute Gasteiger partial charge is 0.339 e. The Bertz CT molecular complexity index is 1760. The van der Waals surface area contributed by atoms with Crippen molar-refractivity contribution in [3.05, 3.63) is 169 Å². The maximum atomic E-state index is 2.46. The van der Waals surface area contributed by atoms with E-state index in [1.165, 1.54) is 50.6 Å². The average Bonchev–Trinajstić information content (AvgIpc) is 3.07. The Hall–Kier alpha value is -5.08. The van der Waals surface area contributed by atoms with E-state index in [9.17, 15) is 0 Å². The summed E-state index contributed by atoms with van der Waals surface area (Å²) in [6, 6.07) is 59.4. The molecule has 6 rings (SSSR count). The van der Waals surface area contributed by atoms with E-state index in [1.807, 2.05) is 0 Å². The van der Waals surface area contributed by atoms with Crippen LogP contribution in [0, 0.1) is 0 Å². The van der Waals surface area contributed by atoms with Gasteiger partial charge in [0.2, 0.25) is 0 Å². The molecule has 0 spiro atoms. The van der Waals surface area contributed by atoms with Crippen LogP contribution in [-0.2, 0) is 6.42 Å². The van der Waals surface area contributed by atoms with Crippen LogP contribution in [0.3, 0.4) is 0 Å². The zero-order valence-electron chi connectivity index (χ0n) is 25.8. The highest BCUT2D eigenvalue weighted by Crippen LogP contribution is 2.34. The summed E-state index contributed by atoms with van der Waals surface area (Å²) in [7, 11) is 0. The fraction of sp³-hybridized carbons (Fsp3) is 0.143. The quantitative estimate of drug-likeness (QED) is 0.161. The lowest BCUT2D eigenvalue weighted by atomic mass is 10.0. The molecule has 1 atom stereocenters. The van der Waals surface area contributed by atoms with Crippen LogP contribution < -0.4 is 9.80 Å². The predicted molar refractivity (Wildman–Crippen MR) is 189 cm³/mol. The third-order valence-electron chi connectivity index (χ3n) is 8.20. The molecule has 0 aliphatic heterocycles. The molecule has 2 nitrogen and oxygen atoms in total. The van der Waals surface area contributed by atoms with Crippen LogP contribution in [-0.4, -0.2) is 12.1 Å². The lowest BCUT2D eigenvalue weighted by Crippen LogP contribution is -2.30. The number of rotatable bonds is 10. The molecule has 44 heavy (non-hydrogen) atoms. The molecule has 1 unspecified atom stereocenters. The number of hydrogen-bond acceptors (Lipinski definition) is 2. The first-order valence-electron chi connectivity index (χ1n) is 15.6. The van der Waals surface area contributed by atoms with Crippen LogP contribution in [0.15, 0.2) is 164 Å². The molecule has 218 valence electrons. The van der Waals surface area contributed by atoms with Gasteiger partial charge in [0.25, 0.3) is 0 Å². The molecular weight excluding hydrogens is 532 g/mol.